The van der Waals surface area contributed by atoms with Crippen LogP contribution in [0.25, 0.3) is 5.57 Å². The van der Waals surface area contributed by atoms with Gasteiger partial charge in [-0.15, -0.1) is 0 Å². The maximum Gasteiger partial charge on any atom is 0.175 e. The Morgan fingerprint density at radius 2 is 1.67 bits per heavy atom. The minimum atomic E-state index is -3.27. The Hall–Kier alpha value is 0.330. The molecule has 0 N–H and O–H groups in total. The van der Waals surface area contributed by atoms with Crippen LogP contribution in [0.1, 0.15) is 72.3 Å². The lowest BCUT2D eigenvalue weighted by Crippen LogP contribution is -2.38. The number of allylic oxidation sites excluding steroid dienone is 2. The fraction of sp³-hybridized carbons (Fsp3) is 0.654. The second kappa shape index (κ2) is 14.8. The van der Waals surface area contributed by atoms with Crippen molar-refractivity contribution in [3.05, 3.63) is 34.9 Å². The highest BCUT2D eigenvalue weighted by molar-refractivity contribution is 14.2. The lowest BCUT2D eigenvalue weighted by molar-refractivity contribution is -0.103. The maximum absolute atomic E-state index is 12.0. The minimum absolute atomic E-state index is 0.174. The second-order valence-electron chi connectivity index (χ2n) is 9.18. The van der Waals surface area contributed by atoms with Crippen molar-refractivity contribution in [2.75, 3.05) is 6.26 Å². The highest BCUT2D eigenvalue weighted by Gasteiger charge is 2.41. The summed E-state index contributed by atoms with van der Waals surface area (Å²) in [7, 11) is -3.27. The van der Waals surface area contributed by atoms with Crippen LogP contribution in [0.5, 0.6) is 0 Å². The number of aldehydes is 1. The molecule has 2 rings (SSSR count). The number of carbonyl (C=O) groups is 1. The number of alkyl halides is 2. The molecule has 5 atom stereocenters. The summed E-state index contributed by atoms with van der Waals surface area (Å²) < 4.78 is 24.2. The van der Waals surface area contributed by atoms with E-state index in [0.717, 1.165) is 33.9 Å². The summed E-state index contributed by atoms with van der Waals surface area (Å²) >= 11 is 11.7. The molecule has 0 aromatic heterocycles. The van der Waals surface area contributed by atoms with E-state index in [-0.39, 0.29) is 10.8 Å². The molecule has 0 radical (unpaired) electrons. The van der Waals surface area contributed by atoms with E-state index in [1.165, 1.54) is 12.7 Å². The molecule has 0 aliphatic heterocycles. The Balaban J connectivity index is 0.000000981. The molecule has 1 aromatic carbocycles. The number of hydrogen-bond acceptors (Lipinski definition) is 3. The molecule has 5 unspecified atom stereocenters. The number of rotatable bonds is 8. The van der Waals surface area contributed by atoms with E-state index in [1.54, 1.807) is 24.3 Å². The number of carbonyl (C=O) groups excluding carboxylic acids is 1. The molecule has 188 valence electrons. The highest BCUT2D eigenvalue weighted by Crippen LogP contribution is 2.50. The summed E-state index contributed by atoms with van der Waals surface area (Å²) in [6.07, 6.45) is 7.59. The van der Waals surface area contributed by atoms with Crippen LogP contribution >= 0.6 is 56.8 Å². The third-order valence-corrected chi connectivity index (χ3v) is 10.3. The Labute approximate surface area is 234 Å². The van der Waals surface area contributed by atoms with Crippen LogP contribution in [0.15, 0.2) is 34.2 Å². The van der Waals surface area contributed by atoms with Gasteiger partial charge in [0.15, 0.2) is 16.1 Å². The van der Waals surface area contributed by atoms with E-state index in [0.29, 0.717) is 39.8 Å². The number of halogens is 3. The van der Waals surface area contributed by atoms with Gasteiger partial charge in [0.25, 0.3) is 0 Å². The first kappa shape index (κ1) is 31.4. The van der Waals surface area contributed by atoms with Crippen LogP contribution < -0.4 is 0 Å². The zero-order chi connectivity index (χ0) is 25.3. The fourth-order valence-electron chi connectivity index (χ4n) is 4.96. The van der Waals surface area contributed by atoms with Crippen molar-refractivity contribution in [2.45, 2.75) is 73.5 Å². The Kier molecular flexibility index (Phi) is 14.0. The molecule has 0 spiro atoms. The summed E-state index contributed by atoms with van der Waals surface area (Å²) in [4.78, 5) is 12.2. The monoisotopic (exact) mass is 720 g/mol. The molecule has 7 heteroatoms. The summed E-state index contributed by atoms with van der Waals surface area (Å²) in [5.41, 5.74) is 1.17. The highest BCUT2D eigenvalue weighted by atomic mass is 127. The average molecular weight is 721 g/mol. The molecule has 1 aromatic rings. The van der Waals surface area contributed by atoms with E-state index in [2.05, 4.69) is 79.8 Å². The van der Waals surface area contributed by atoms with E-state index in [4.69, 9.17) is 11.6 Å². The van der Waals surface area contributed by atoms with Gasteiger partial charge in [0.05, 0.1) is 6.83 Å². The molecule has 3 nitrogen and oxygen atoms in total. The third-order valence-electron chi connectivity index (χ3n) is 6.96. The first-order valence-corrected chi connectivity index (χ1v) is 16.6. The molecule has 1 aliphatic carbocycles. The normalized spacial score (nSPS) is 26.3. The van der Waals surface area contributed by atoms with Crippen LogP contribution in [0.4, 0.5) is 0 Å². The smallest absolute Gasteiger partial charge is 0.175 e. The summed E-state index contributed by atoms with van der Waals surface area (Å²) in [5.74, 6) is 2.45. The van der Waals surface area contributed by atoms with Crippen LogP contribution in [0.3, 0.4) is 0 Å². The molecule has 1 aliphatic rings. The zero-order valence-electron chi connectivity index (χ0n) is 20.7. The zero-order valence-corrected chi connectivity index (χ0v) is 26.5. The minimum Gasteiger partial charge on any atom is -0.298 e. The van der Waals surface area contributed by atoms with Crippen molar-refractivity contribution >= 4 is 78.5 Å². The average Bonchev–Trinajstić information content (AvgIpc) is 2.77. The van der Waals surface area contributed by atoms with Crippen molar-refractivity contribution in [1.29, 1.82) is 0 Å². The van der Waals surface area contributed by atoms with Gasteiger partial charge in [-0.05, 0) is 66.5 Å². The van der Waals surface area contributed by atoms with Gasteiger partial charge in [0.2, 0.25) is 0 Å². The van der Waals surface area contributed by atoms with Gasteiger partial charge in [-0.2, -0.15) is 0 Å². The Morgan fingerprint density at radius 3 is 2.06 bits per heavy atom. The summed E-state index contributed by atoms with van der Waals surface area (Å²) in [6, 6.07) is 6.46. The third kappa shape index (κ3) is 9.05. The predicted molar refractivity (Wildman–Crippen MR) is 159 cm³/mol. The molecular weight excluding hydrogens is 682 g/mol. The van der Waals surface area contributed by atoms with Gasteiger partial charge in [-0.25, -0.2) is 8.42 Å². The topological polar surface area (TPSA) is 51.2 Å². The van der Waals surface area contributed by atoms with Crippen LogP contribution in [0, 0.1) is 29.6 Å². The van der Waals surface area contributed by atoms with E-state index in [9.17, 15) is 13.2 Å². The van der Waals surface area contributed by atoms with Gasteiger partial charge in [-0.1, -0.05) is 116 Å². The van der Waals surface area contributed by atoms with Crippen molar-refractivity contribution in [1.82, 2.24) is 0 Å². The van der Waals surface area contributed by atoms with E-state index < -0.39 is 9.84 Å². The fourth-order valence-corrected chi connectivity index (χ4v) is 5.99. The van der Waals surface area contributed by atoms with Gasteiger partial charge in [0, 0.05) is 16.9 Å². The molecule has 0 amide bonds. The Morgan fingerprint density at radius 1 is 1.12 bits per heavy atom. The van der Waals surface area contributed by atoms with Gasteiger partial charge < -0.3 is 0 Å². The molecule has 1 saturated carbocycles. The molecule has 0 bridgehead atoms. The van der Waals surface area contributed by atoms with Gasteiger partial charge in [-0.3, -0.25) is 4.79 Å². The first-order valence-electron chi connectivity index (χ1n) is 11.9. The quantitative estimate of drug-likeness (QED) is 0.117. The van der Waals surface area contributed by atoms with Crippen LogP contribution in [-0.2, 0) is 14.6 Å². The van der Waals surface area contributed by atoms with E-state index in [1.807, 2.05) is 0 Å². The van der Waals surface area contributed by atoms with Crippen molar-refractivity contribution in [2.24, 2.45) is 29.6 Å². The standard InChI is InChI=1S/C23H33ClO3S.C3H6I2/c1-6-8-20-19(7-2)16(4)15(3)13-21(20)23(24)22(14-25)17-9-11-18(12-10-17)28(5,26)27;1-2-3(4)5/h9-12,14-16,19-21H,6-8,13H2,1-5H3;3H,2H2,1H3/b23-22+;. The number of sulfone groups is 1. The first-order chi connectivity index (χ1) is 15.4. The molecule has 0 heterocycles. The van der Waals surface area contributed by atoms with Gasteiger partial charge in [0.1, 0.15) is 0 Å². The lowest BCUT2D eigenvalue weighted by atomic mass is 9.60. The summed E-state index contributed by atoms with van der Waals surface area (Å²) in [5, 5.41) is 0.637. The van der Waals surface area contributed by atoms with Crippen LogP contribution in [0.2, 0.25) is 0 Å². The molecule has 33 heavy (non-hydrogen) atoms. The van der Waals surface area contributed by atoms with E-state index >= 15 is 0 Å². The molecule has 0 saturated heterocycles. The lowest BCUT2D eigenvalue weighted by Gasteiger charge is -2.45. The van der Waals surface area contributed by atoms with Crippen molar-refractivity contribution in [3.63, 3.8) is 0 Å². The SMILES string of the molecule is CCC(I)I.CCCC1C(/C(Cl)=C(/C=O)c2ccc(S(C)(=O)=O)cc2)CC(C)C(C)C1CC. The number of hydrogen-bond donors (Lipinski definition) is 0. The summed E-state index contributed by atoms with van der Waals surface area (Å²) in [6.45, 7) is 11.3. The largest absolute Gasteiger partial charge is 0.298 e. The molecular formula is C26H39ClI2O3S. The maximum atomic E-state index is 12.0. The van der Waals surface area contributed by atoms with Crippen LogP contribution in [-0.4, -0.2) is 22.9 Å². The second-order valence-corrected chi connectivity index (χ2v) is 17.0. The van der Waals surface area contributed by atoms with Crippen molar-refractivity contribution < 1.29 is 13.2 Å². The Bertz CT molecular complexity index is 881. The number of benzene rings is 1. The molecule has 1 fully saturated rings. The predicted octanol–water partition coefficient (Wildman–Crippen LogP) is 8.57. The van der Waals surface area contributed by atoms with Crippen molar-refractivity contribution in [3.8, 4) is 0 Å². The van der Waals surface area contributed by atoms with Gasteiger partial charge >= 0.3 is 0 Å².